The molecule has 0 saturated carbocycles. The van der Waals surface area contributed by atoms with E-state index in [2.05, 4.69) is 9.36 Å². The summed E-state index contributed by atoms with van der Waals surface area (Å²) in [4.78, 5) is 14.1. The molecule has 1 rings (SSSR count). The Morgan fingerprint density at radius 1 is 1.77 bits per heavy atom. The Bertz CT molecular complexity index is 265. The molecular formula is C6H8N2O3S2. The summed E-state index contributed by atoms with van der Waals surface area (Å²) in [6, 6.07) is 0. The molecule has 0 aliphatic heterocycles. The highest BCUT2D eigenvalue weighted by molar-refractivity contribution is 8.00. The van der Waals surface area contributed by atoms with Crippen LogP contribution in [0.4, 0.5) is 0 Å². The van der Waals surface area contributed by atoms with E-state index in [0.29, 0.717) is 5.75 Å². The van der Waals surface area contributed by atoms with Gasteiger partial charge in [-0.1, -0.05) is 11.8 Å². The lowest BCUT2D eigenvalue weighted by Crippen LogP contribution is -2.15. The molecule has 0 aliphatic carbocycles. The molecule has 0 amide bonds. The van der Waals surface area contributed by atoms with Crippen LogP contribution in [0, 0.1) is 0 Å². The Morgan fingerprint density at radius 2 is 2.54 bits per heavy atom. The van der Waals surface area contributed by atoms with Gasteiger partial charge in [-0.15, -0.1) is 0 Å². The highest BCUT2D eigenvalue weighted by Gasteiger charge is 2.10. The van der Waals surface area contributed by atoms with Gasteiger partial charge in [0.1, 0.15) is 6.33 Å². The molecule has 2 N–H and O–H groups in total. The van der Waals surface area contributed by atoms with Crippen molar-refractivity contribution < 1.29 is 15.0 Å². The first-order chi connectivity index (χ1) is 6.18. The summed E-state index contributed by atoms with van der Waals surface area (Å²) in [5.41, 5.74) is 0. The number of aliphatic hydroxyl groups excluding tert-OH is 1. The molecule has 0 radical (unpaired) electrons. The second-order valence-corrected chi connectivity index (χ2v) is 4.32. The molecule has 1 unspecified atom stereocenters. The first kappa shape index (κ1) is 10.4. The van der Waals surface area contributed by atoms with Crippen molar-refractivity contribution in [3.63, 3.8) is 0 Å². The molecule has 5 nitrogen and oxygen atoms in total. The third-order valence-corrected chi connectivity index (χ3v) is 3.09. The summed E-state index contributed by atoms with van der Waals surface area (Å²) in [6.45, 7) is 0. The van der Waals surface area contributed by atoms with Gasteiger partial charge in [-0.25, -0.2) is 4.98 Å². The Hall–Kier alpha value is -0.660. The molecule has 0 bridgehead atoms. The number of aliphatic carboxylic acids is 1. The first-order valence-electron chi connectivity index (χ1n) is 3.48. The predicted octanol–water partition coefficient (Wildman–Crippen LogP) is 0.466. The Kier molecular flexibility index (Phi) is 4.13. The molecule has 0 aliphatic rings. The second kappa shape index (κ2) is 5.15. The monoisotopic (exact) mass is 220 g/mol. The van der Waals surface area contributed by atoms with Crippen LogP contribution in [0.3, 0.4) is 0 Å². The third-order valence-electron chi connectivity index (χ3n) is 1.15. The summed E-state index contributed by atoms with van der Waals surface area (Å²) in [6.07, 6.45) is 0.369. The lowest BCUT2D eigenvalue weighted by atomic mass is 10.3. The average Bonchev–Trinajstić information content (AvgIpc) is 2.51. The van der Waals surface area contributed by atoms with Crippen molar-refractivity contribution in [1.29, 1.82) is 0 Å². The van der Waals surface area contributed by atoms with Crippen LogP contribution in [0.25, 0.3) is 0 Å². The molecule has 0 saturated heterocycles. The summed E-state index contributed by atoms with van der Waals surface area (Å²) in [5, 5.41) is 17.5. The van der Waals surface area contributed by atoms with E-state index in [-0.39, 0.29) is 6.42 Å². The molecule has 13 heavy (non-hydrogen) atoms. The second-order valence-electron chi connectivity index (χ2n) is 2.27. The number of carboxylic acid groups (broad SMARTS) is 1. The van der Waals surface area contributed by atoms with Gasteiger partial charge in [-0.05, 0) is 11.5 Å². The highest BCUT2D eigenvalue weighted by atomic mass is 32.2. The van der Waals surface area contributed by atoms with E-state index in [1.807, 2.05) is 0 Å². The van der Waals surface area contributed by atoms with Gasteiger partial charge in [0.2, 0.25) is 0 Å². The zero-order valence-corrected chi connectivity index (χ0v) is 8.22. The molecule has 72 valence electrons. The lowest BCUT2D eigenvalue weighted by molar-refractivity contribution is -0.138. The molecule has 1 heterocycles. The third kappa shape index (κ3) is 4.20. The van der Waals surface area contributed by atoms with E-state index in [9.17, 15) is 9.90 Å². The number of rotatable bonds is 5. The van der Waals surface area contributed by atoms with Crippen LogP contribution in [0.1, 0.15) is 6.42 Å². The van der Waals surface area contributed by atoms with E-state index < -0.39 is 12.1 Å². The molecule has 0 fully saturated rings. The average molecular weight is 220 g/mol. The maximum absolute atomic E-state index is 10.2. The standard InChI is InChI=1S/C6H8N2O3S2/c9-4(1-5(10)11)2-12-6-7-3-8-13-6/h3-4,9H,1-2H2,(H,10,11). The van der Waals surface area contributed by atoms with Crippen LogP contribution >= 0.6 is 23.3 Å². The molecular weight excluding hydrogens is 212 g/mol. The summed E-state index contributed by atoms with van der Waals surface area (Å²) >= 11 is 2.54. The van der Waals surface area contributed by atoms with Gasteiger partial charge in [0.25, 0.3) is 0 Å². The fourth-order valence-electron chi connectivity index (χ4n) is 0.655. The fourth-order valence-corrected chi connectivity index (χ4v) is 2.05. The largest absolute Gasteiger partial charge is 0.481 e. The van der Waals surface area contributed by atoms with Gasteiger partial charge in [-0.2, -0.15) is 4.37 Å². The molecule has 0 aromatic carbocycles. The van der Waals surface area contributed by atoms with Crippen molar-refractivity contribution in [3.8, 4) is 0 Å². The molecule has 1 atom stereocenters. The van der Waals surface area contributed by atoms with Crippen LogP contribution in [0.15, 0.2) is 10.7 Å². The SMILES string of the molecule is O=C(O)CC(O)CSc1ncns1. The van der Waals surface area contributed by atoms with Crippen molar-refractivity contribution in [3.05, 3.63) is 6.33 Å². The number of hydrogen-bond donors (Lipinski definition) is 2. The highest BCUT2D eigenvalue weighted by Crippen LogP contribution is 2.19. The molecule has 7 heteroatoms. The Morgan fingerprint density at radius 3 is 3.08 bits per heavy atom. The topological polar surface area (TPSA) is 83.3 Å². The van der Waals surface area contributed by atoms with Crippen LogP contribution in [-0.2, 0) is 4.79 Å². The van der Waals surface area contributed by atoms with E-state index in [4.69, 9.17) is 5.11 Å². The van der Waals surface area contributed by atoms with Crippen molar-refractivity contribution in [2.75, 3.05) is 5.75 Å². The van der Waals surface area contributed by atoms with Gasteiger partial charge in [0.05, 0.1) is 12.5 Å². The Balaban J connectivity index is 2.22. The quantitative estimate of drug-likeness (QED) is 0.702. The maximum Gasteiger partial charge on any atom is 0.306 e. The smallest absolute Gasteiger partial charge is 0.306 e. The van der Waals surface area contributed by atoms with Crippen molar-refractivity contribution in [1.82, 2.24) is 9.36 Å². The van der Waals surface area contributed by atoms with E-state index in [1.54, 1.807) is 0 Å². The minimum atomic E-state index is -0.995. The maximum atomic E-state index is 10.2. The number of aromatic nitrogens is 2. The van der Waals surface area contributed by atoms with E-state index >= 15 is 0 Å². The molecule has 1 aromatic rings. The zero-order chi connectivity index (χ0) is 9.68. The Labute approximate surface area is 83.0 Å². The van der Waals surface area contributed by atoms with Gasteiger partial charge >= 0.3 is 5.97 Å². The number of carbonyl (C=O) groups is 1. The van der Waals surface area contributed by atoms with Crippen LogP contribution in [0.5, 0.6) is 0 Å². The number of hydrogen-bond acceptors (Lipinski definition) is 6. The van der Waals surface area contributed by atoms with Crippen molar-refractivity contribution >= 4 is 29.3 Å². The van der Waals surface area contributed by atoms with E-state index in [1.165, 1.54) is 29.6 Å². The summed E-state index contributed by atoms with van der Waals surface area (Å²) in [5.74, 6) is -0.660. The minimum Gasteiger partial charge on any atom is -0.481 e. The van der Waals surface area contributed by atoms with E-state index in [0.717, 1.165) is 4.34 Å². The lowest BCUT2D eigenvalue weighted by Gasteiger charge is -2.04. The zero-order valence-electron chi connectivity index (χ0n) is 6.58. The van der Waals surface area contributed by atoms with Crippen molar-refractivity contribution in [2.45, 2.75) is 16.9 Å². The van der Waals surface area contributed by atoms with Gasteiger partial charge in [0, 0.05) is 5.75 Å². The number of thioether (sulfide) groups is 1. The van der Waals surface area contributed by atoms with Gasteiger partial charge < -0.3 is 10.2 Å². The van der Waals surface area contributed by atoms with Crippen molar-refractivity contribution in [2.24, 2.45) is 0 Å². The summed E-state index contributed by atoms with van der Waals surface area (Å²) in [7, 11) is 0. The number of carboxylic acids is 1. The number of aliphatic hydroxyl groups is 1. The molecule has 1 aromatic heterocycles. The van der Waals surface area contributed by atoms with Gasteiger partial charge in [-0.3, -0.25) is 4.79 Å². The fraction of sp³-hybridized carbons (Fsp3) is 0.500. The minimum absolute atomic E-state index is 0.230. The van der Waals surface area contributed by atoms with Crippen LogP contribution in [0.2, 0.25) is 0 Å². The van der Waals surface area contributed by atoms with Gasteiger partial charge in [0.15, 0.2) is 4.34 Å². The normalized spacial score (nSPS) is 12.7. The number of nitrogens with zero attached hydrogens (tertiary/aromatic N) is 2. The van der Waals surface area contributed by atoms with Crippen LogP contribution in [-0.4, -0.2) is 37.4 Å². The summed E-state index contributed by atoms with van der Waals surface area (Å²) < 4.78 is 4.51. The predicted molar refractivity (Wildman–Crippen MR) is 48.9 cm³/mol. The first-order valence-corrected chi connectivity index (χ1v) is 5.23. The van der Waals surface area contributed by atoms with Crippen LogP contribution < -0.4 is 0 Å². The molecule has 0 spiro atoms.